The molecular formula is C16H18O2. The van der Waals surface area contributed by atoms with Gasteiger partial charge in [-0.1, -0.05) is 12.1 Å². The monoisotopic (exact) mass is 242 g/mol. The van der Waals surface area contributed by atoms with Gasteiger partial charge in [0.1, 0.15) is 5.58 Å². The van der Waals surface area contributed by atoms with Gasteiger partial charge in [0.2, 0.25) is 0 Å². The molecule has 2 aromatic rings. The molecule has 18 heavy (non-hydrogen) atoms. The fourth-order valence-corrected chi connectivity index (χ4v) is 3.23. The standard InChI is InChI=1S/C16H18O2/c1-2-8-16(17)9-3-4-14(16)12-5-6-15-13(11-12)7-10-18-15/h2,5-7,10-11,14,17H,1,3-4,8-9H2/t14-,16-/m0/s1. The summed E-state index contributed by atoms with van der Waals surface area (Å²) in [6.45, 7) is 3.76. The molecule has 1 aliphatic carbocycles. The maximum Gasteiger partial charge on any atom is 0.133 e. The Morgan fingerprint density at radius 3 is 3.17 bits per heavy atom. The van der Waals surface area contributed by atoms with Crippen molar-refractivity contribution in [1.82, 2.24) is 0 Å². The van der Waals surface area contributed by atoms with Crippen molar-refractivity contribution in [2.75, 3.05) is 0 Å². The van der Waals surface area contributed by atoms with Crippen LogP contribution in [0.2, 0.25) is 0 Å². The van der Waals surface area contributed by atoms with Crippen LogP contribution >= 0.6 is 0 Å². The maximum atomic E-state index is 10.7. The third-order valence-corrected chi connectivity index (χ3v) is 4.13. The second-order valence-corrected chi connectivity index (χ2v) is 5.26. The molecule has 1 fully saturated rings. The first-order valence-electron chi connectivity index (χ1n) is 6.53. The van der Waals surface area contributed by atoms with Gasteiger partial charge < -0.3 is 9.52 Å². The first-order valence-corrected chi connectivity index (χ1v) is 6.53. The van der Waals surface area contributed by atoms with Gasteiger partial charge in [-0.25, -0.2) is 0 Å². The summed E-state index contributed by atoms with van der Waals surface area (Å²) in [5.74, 6) is 0.217. The minimum absolute atomic E-state index is 0.217. The van der Waals surface area contributed by atoms with Crippen molar-refractivity contribution in [1.29, 1.82) is 0 Å². The van der Waals surface area contributed by atoms with E-state index in [1.165, 1.54) is 5.56 Å². The zero-order valence-electron chi connectivity index (χ0n) is 10.4. The van der Waals surface area contributed by atoms with Crippen LogP contribution in [-0.4, -0.2) is 10.7 Å². The second kappa shape index (κ2) is 4.29. The van der Waals surface area contributed by atoms with Gasteiger partial charge in [0.05, 0.1) is 11.9 Å². The van der Waals surface area contributed by atoms with Gasteiger partial charge in [-0.05, 0) is 49.4 Å². The Balaban J connectivity index is 1.99. The highest BCUT2D eigenvalue weighted by Crippen LogP contribution is 2.45. The summed E-state index contributed by atoms with van der Waals surface area (Å²) >= 11 is 0. The van der Waals surface area contributed by atoms with Gasteiger partial charge in [0, 0.05) is 11.3 Å². The van der Waals surface area contributed by atoms with Gasteiger partial charge in [-0.3, -0.25) is 0 Å². The van der Waals surface area contributed by atoms with Crippen molar-refractivity contribution in [3.63, 3.8) is 0 Å². The molecule has 2 heteroatoms. The lowest BCUT2D eigenvalue weighted by Gasteiger charge is -2.29. The molecule has 0 bridgehead atoms. The summed E-state index contributed by atoms with van der Waals surface area (Å²) in [6, 6.07) is 8.19. The van der Waals surface area contributed by atoms with E-state index in [0.717, 1.165) is 30.2 Å². The van der Waals surface area contributed by atoms with Crippen LogP contribution in [0.5, 0.6) is 0 Å². The van der Waals surface area contributed by atoms with Gasteiger partial charge in [0.15, 0.2) is 0 Å². The molecule has 1 heterocycles. The van der Waals surface area contributed by atoms with Crippen molar-refractivity contribution in [2.24, 2.45) is 0 Å². The molecule has 1 saturated carbocycles. The number of aliphatic hydroxyl groups is 1. The predicted molar refractivity (Wildman–Crippen MR) is 72.6 cm³/mol. The van der Waals surface area contributed by atoms with Crippen LogP contribution in [-0.2, 0) is 0 Å². The minimum atomic E-state index is -0.612. The molecule has 0 aliphatic heterocycles. The minimum Gasteiger partial charge on any atom is -0.464 e. The van der Waals surface area contributed by atoms with Crippen LogP contribution in [0, 0.1) is 0 Å². The quantitative estimate of drug-likeness (QED) is 0.825. The van der Waals surface area contributed by atoms with Gasteiger partial charge in [-0.15, -0.1) is 6.58 Å². The largest absolute Gasteiger partial charge is 0.464 e. The second-order valence-electron chi connectivity index (χ2n) is 5.26. The zero-order chi connectivity index (χ0) is 12.6. The molecule has 94 valence electrons. The molecule has 0 radical (unpaired) electrons. The molecule has 0 amide bonds. The normalized spacial score (nSPS) is 27.7. The summed E-state index contributed by atoms with van der Waals surface area (Å²) in [5, 5.41) is 11.8. The summed E-state index contributed by atoms with van der Waals surface area (Å²) in [4.78, 5) is 0. The summed E-state index contributed by atoms with van der Waals surface area (Å²) in [7, 11) is 0. The van der Waals surface area contributed by atoms with Crippen molar-refractivity contribution in [3.05, 3.63) is 48.7 Å². The molecule has 1 N–H and O–H groups in total. The molecule has 0 spiro atoms. The van der Waals surface area contributed by atoms with E-state index in [1.807, 2.05) is 18.2 Å². The van der Waals surface area contributed by atoms with E-state index in [9.17, 15) is 5.11 Å². The molecular weight excluding hydrogens is 224 g/mol. The van der Waals surface area contributed by atoms with Gasteiger partial charge >= 0.3 is 0 Å². The first-order chi connectivity index (χ1) is 8.73. The van der Waals surface area contributed by atoms with E-state index in [-0.39, 0.29) is 5.92 Å². The third kappa shape index (κ3) is 1.77. The average molecular weight is 242 g/mol. The Kier molecular flexibility index (Phi) is 2.75. The summed E-state index contributed by atoms with van der Waals surface area (Å²) in [6.07, 6.45) is 7.20. The predicted octanol–water partition coefficient (Wildman–Crippen LogP) is 4.01. The van der Waals surface area contributed by atoms with E-state index in [2.05, 4.69) is 18.7 Å². The van der Waals surface area contributed by atoms with Crippen LogP contribution in [0.4, 0.5) is 0 Å². The van der Waals surface area contributed by atoms with Crippen LogP contribution in [0.25, 0.3) is 11.0 Å². The summed E-state index contributed by atoms with van der Waals surface area (Å²) < 4.78 is 5.36. The first kappa shape index (κ1) is 11.5. The van der Waals surface area contributed by atoms with Crippen LogP contribution < -0.4 is 0 Å². The third-order valence-electron chi connectivity index (χ3n) is 4.13. The van der Waals surface area contributed by atoms with Crippen molar-refractivity contribution >= 4 is 11.0 Å². The van der Waals surface area contributed by atoms with Gasteiger partial charge in [-0.2, -0.15) is 0 Å². The lowest BCUT2D eigenvalue weighted by molar-refractivity contribution is 0.0330. The fraction of sp³-hybridized carbons (Fsp3) is 0.375. The molecule has 3 rings (SSSR count). The lowest BCUT2D eigenvalue weighted by atomic mass is 9.82. The highest BCUT2D eigenvalue weighted by molar-refractivity contribution is 5.77. The average Bonchev–Trinajstić information content (AvgIpc) is 2.94. The molecule has 1 aromatic carbocycles. The van der Waals surface area contributed by atoms with E-state index in [0.29, 0.717) is 6.42 Å². The molecule has 1 aromatic heterocycles. The van der Waals surface area contributed by atoms with E-state index in [1.54, 1.807) is 6.26 Å². The number of rotatable bonds is 3. The fourth-order valence-electron chi connectivity index (χ4n) is 3.23. The topological polar surface area (TPSA) is 33.4 Å². The SMILES string of the molecule is C=CC[C@]1(O)CCC[C@H]1c1ccc2occc2c1. The Morgan fingerprint density at radius 2 is 2.33 bits per heavy atom. The molecule has 2 atom stereocenters. The molecule has 0 saturated heterocycles. The number of benzene rings is 1. The van der Waals surface area contributed by atoms with E-state index in [4.69, 9.17) is 4.42 Å². The highest BCUT2D eigenvalue weighted by atomic mass is 16.3. The molecule has 2 nitrogen and oxygen atoms in total. The molecule has 0 unspecified atom stereocenters. The molecule has 1 aliphatic rings. The lowest BCUT2D eigenvalue weighted by Crippen LogP contribution is -2.30. The number of furan rings is 1. The van der Waals surface area contributed by atoms with Crippen LogP contribution in [0.15, 0.2) is 47.6 Å². The van der Waals surface area contributed by atoms with Crippen molar-refractivity contribution in [3.8, 4) is 0 Å². The van der Waals surface area contributed by atoms with Crippen LogP contribution in [0.1, 0.15) is 37.2 Å². The zero-order valence-corrected chi connectivity index (χ0v) is 10.4. The van der Waals surface area contributed by atoms with Crippen molar-refractivity contribution < 1.29 is 9.52 Å². The number of hydrogen-bond acceptors (Lipinski definition) is 2. The Labute approximate surface area is 107 Å². The smallest absolute Gasteiger partial charge is 0.133 e. The summed E-state index contributed by atoms with van der Waals surface area (Å²) in [5.41, 5.74) is 1.51. The maximum absolute atomic E-state index is 10.7. The Bertz CT molecular complexity index is 569. The van der Waals surface area contributed by atoms with E-state index < -0.39 is 5.60 Å². The number of fused-ring (bicyclic) bond motifs is 1. The highest BCUT2D eigenvalue weighted by Gasteiger charge is 2.40. The van der Waals surface area contributed by atoms with E-state index >= 15 is 0 Å². The van der Waals surface area contributed by atoms with Gasteiger partial charge in [0.25, 0.3) is 0 Å². The Morgan fingerprint density at radius 1 is 1.44 bits per heavy atom. The Hall–Kier alpha value is -1.54. The van der Waals surface area contributed by atoms with Crippen LogP contribution in [0.3, 0.4) is 0 Å². The van der Waals surface area contributed by atoms with Crippen molar-refractivity contribution in [2.45, 2.75) is 37.2 Å². The number of hydrogen-bond donors (Lipinski definition) is 1.